The summed E-state index contributed by atoms with van der Waals surface area (Å²) in [5, 5.41) is 18.3. The Labute approximate surface area is 232 Å². The number of fused-ring (bicyclic) bond motifs is 2. The monoisotopic (exact) mass is 567 g/mol. The van der Waals surface area contributed by atoms with Gasteiger partial charge in [-0.25, -0.2) is 12.8 Å². The van der Waals surface area contributed by atoms with Gasteiger partial charge < -0.3 is 10.3 Å². The first-order valence-electron chi connectivity index (χ1n) is 13.7. The molecule has 212 valence electrons. The number of sulfonamides is 1. The minimum atomic E-state index is -3.60. The first-order chi connectivity index (χ1) is 18.9. The van der Waals surface area contributed by atoms with Gasteiger partial charge in [-0.2, -0.15) is 14.7 Å². The third-order valence-electron chi connectivity index (χ3n) is 8.68. The molecule has 0 atom stereocenters. The number of aromatic nitrogens is 3. The van der Waals surface area contributed by atoms with Crippen molar-refractivity contribution in [2.24, 2.45) is 0 Å². The summed E-state index contributed by atoms with van der Waals surface area (Å²) in [6.45, 7) is 6.81. The maximum Gasteiger partial charge on any atom is 0.261 e. The lowest BCUT2D eigenvalue weighted by Gasteiger charge is -2.47. The van der Waals surface area contributed by atoms with Gasteiger partial charge in [0.05, 0.1) is 28.4 Å². The van der Waals surface area contributed by atoms with Crippen molar-refractivity contribution in [3.05, 3.63) is 46.4 Å². The lowest BCUT2D eigenvalue weighted by Crippen LogP contribution is -2.55. The van der Waals surface area contributed by atoms with Crippen molar-refractivity contribution in [1.82, 2.24) is 24.0 Å². The number of alkyl halides is 1. The highest BCUT2D eigenvalue weighted by molar-refractivity contribution is 7.89. The van der Waals surface area contributed by atoms with Crippen LogP contribution in [0.5, 0.6) is 0 Å². The maximum absolute atomic E-state index is 13.5. The first kappa shape index (κ1) is 26.9. The molecule has 2 aromatic heterocycles. The van der Waals surface area contributed by atoms with Crippen LogP contribution in [-0.2, 0) is 22.1 Å². The third kappa shape index (κ3) is 4.31. The molecule has 2 fully saturated rings. The highest BCUT2D eigenvalue weighted by Gasteiger charge is 2.44. The fourth-order valence-corrected chi connectivity index (χ4v) is 8.48. The van der Waals surface area contributed by atoms with Gasteiger partial charge in [-0.3, -0.25) is 14.4 Å². The van der Waals surface area contributed by atoms with E-state index < -0.39 is 27.3 Å². The largest absolute Gasteiger partial charge is 0.338 e. The number of likely N-dealkylation sites (tertiary alicyclic amines) is 1. The van der Waals surface area contributed by atoms with E-state index in [2.05, 4.69) is 21.3 Å². The molecule has 0 radical (unpaired) electrons. The second-order valence-electron chi connectivity index (χ2n) is 12.3. The van der Waals surface area contributed by atoms with Crippen molar-refractivity contribution in [3.8, 4) is 6.07 Å². The molecule has 1 aliphatic carbocycles. The summed E-state index contributed by atoms with van der Waals surface area (Å²) in [5.41, 5.74) is 0.482. The molecule has 40 heavy (non-hydrogen) atoms. The highest BCUT2D eigenvalue weighted by Crippen LogP contribution is 2.43. The molecule has 1 aromatic carbocycles. The van der Waals surface area contributed by atoms with E-state index >= 15 is 0 Å². The number of hydrogen-bond donors (Lipinski definition) is 2. The number of anilines is 2. The van der Waals surface area contributed by atoms with Crippen LogP contribution in [0.15, 0.2) is 40.2 Å². The second-order valence-corrected chi connectivity index (χ2v) is 14.1. The minimum Gasteiger partial charge on any atom is -0.338 e. The Hall–Kier alpha value is -3.27. The molecule has 1 saturated heterocycles. The fraction of sp³-hybridized carbons (Fsp3) is 0.536. The second kappa shape index (κ2) is 9.39. The average molecular weight is 568 g/mol. The minimum absolute atomic E-state index is 0.244. The molecule has 0 unspecified atom stereocenters. The van der Waals surface area contributed by atoms with E-state index in [-0.39, 0.29) is 29.5 Å². The van der Waals surface area contributed by atoms with Gasteiger partial charge in [-0.05, 0) is 76.3 Å². The molecule has 1 saturated carbocycles. The van der Waals surface area contributed by atoms with Gasteiger partial charge in [-0.15, -0.1) is 0 Å². The van der Waals surface area contributed by atoms with Crippen LogP contribution in [0.2, 0.25) is 0 Å². The van der Waals surface area contributed by atoms with E-state index in [0.717, 1.165) is 12.8 Å². The maximum atomic E-state index is 13.5. The van der Waals surface area contributed by atoms with Crippen LogP contribution in [0.1, 0.15) is 58.4 Å². The van der Waals surface area contributed by atoms with E-state index in [9.17, 15) is 22.9 Å². The predicted molar refractivity (Wildman–Crippen MR) is 149 cm³/mol. The Morgan fingerprint density at radius 3 is 2.60 bits per heavy atom. The van der Waals surface area contributed by atoms with E-state index in [1.165, 1.54) is 4.31 Å². The number of pyridine rings is 1. The Balaban J connectivity index is 1.35. The smallest absolute Gasteiger partial charge is 0.261 e. The van der Waals surface area contributed by atoms with E-state index in [1.54, 1.807) is 30.5 Å². The van der Waals surface area contributed by atoms with Gasteiger partial charge in [0.15, 0.2) is 5.82 Å². The molecule has 4 heterocycles. The van der Waals surface area contributed by atoms with Crippen molar-refractivity contribution in [1.29, 1.82) is 5.26 Å². The van der Waals surface area contributed by atoms with E-state index in [0.29, 0.717) is 53.9 Å². The van der Waals surface area contributed by atoms with Gasteiger partial charge >= 0.3 is 0 Å². The molecule has 3 aromatic rings. The summed E-state index contributed by atoms with van der Waals surface area (Å²) >= 11 is 0. The zero-order chi connectivity index (χ0) is 28.4. The standard InChI is InChI=1S/C28H34FN7O3S/c1-27(2,3)35-15-18-14-20(4-5-23(18)40(35,38)39)32-25-24-22(8-13-31-26(24)37)36(33-25)28(11-12-30)9-6-21(7-10-28)34-16-19(29)17-34/h4-5,8,13-14,19,21H,6-7,9-11,15-17H2,1-3H3,(H,31,37)(H,32,33)/t21-,28-. The fourth-order valence-electron chi connectivity index (χ4n) is 6.52. The summed E-state index contributed by atoms with van der Waals surface area (Å²) < 4.78 is 43.0. The summed E-state index contributed by atoms with van der Waals surface area (Å²) in [7, 11) is -3.60. The molecule has 3 aliphatic rings. The number of rotatable bonds is 5. The highest BCUT2D eigenvalue weighted by atomic mass is 32.2. The Morgan fingerprint density at radius 2 is 1.95 bits per heavy atom. The number of nitrogens with one attached hydrogen (secondary N) is 2. The predicted octanol–water partition coefficient (Wildman–Crippen LogP) is 3.98. The molecule has 2 aliphatic heterocycles. The molecule has 0 amide bonds. The van der Waals surface area contributed by atoms with Crippen molar-refractivity contribution >= 4 is 32.4 Å². The Bertz CT molecular complexity index is 1670. The number of aromatic amines is 1. The van der Waals surface area contributed by atoms with E-state index in [4.69, 9.17) is 5.10 Å². The molecular weight excluding hydrogens is 533 g/mol. The van der Waals surface area contributed by atoms with Crippen LogP contribution in [0.25, 0.3) is 10.9 Å². The van der Waals surface area contributed by atoms with Crippen LogP contribution in [0.4, 0.5) is 15.9 Å². The van der Waals surface area contributed by atoms with Crippen LogP contribution in [-0.4, -0.2) is 63.2 Å². The van der Waals surface area contributed by atoms with Crippen LogP contribution in [0, 0.1) is 11.3 Å². The topological polar surface area (TPSA) is 127 Å². The quantitative estimate of drug-likeness (QED) is 0.478. The van der Waals surface area contributed by atoms with Crippen molar-refractivity contribution in [3.63, 3.8) is 0 Å². The van der Waals surface area contributed by atoms with Crippen molar-refractivity contribution in [2.75, 3.05) is 18.4 Å². The van der Waals surface area contributed by atoms with Gasteiger partial charge in [-0.1, -0.05) is 0 Å². The normalized spacial score (nSPS) is 25.4. The van der Waals surface area contributed by atoms with Crippen LogP contribution in [0.3, 0.4) is 0 Å². The van der Waals surface area contributed by atoms with Gasteiger partial charge in [0.2, 0.25) is 10.0 Å². The van der Waals surface area contributed by atoms with E-state index in [1.807, 2.05) is 25.5 Å². The molecule has 0 spiro atoms. The molecule has 10 nitrogen and oxygen atoms in total. The van der Waals surface area contributed by atoms with Crippen molar-refractivity contribution < 1.29 is 12.8 Å². The lowest BCUT2D eigenvalue weighted by atomic mass is 9.76. The zero-order valence-corrected chi connectivity index (χ0v) is 23.8. The third-order valence-corrected chi connectivity index (χ3v) is 10.9. The molecule has 0 bridgehead atoms. The Morgan fingerprint density at radius 1 is 1.23 bits per heavy atom. The van der Waals surface area contributed by atoms with Crippen molar-refractivity contribution in [2.45, 2.75) is 87.6 Å². The molecule has 12 heteroatoms. The number of nitriles is 1. The summed E-state index contributed by atoms with van der Waals surface area (Å²) in [6, 6.07) is 9.51. The average Bonchev–Trinajstić information content (AvgIpc) is 3.38. The van der Waals surface area contributed by atoms with Gasteiger partial charge in [0.25, 0.3) is 5.56 Å². The summed E-state index contributed by atoms with van der Waals surface area (Å²) in [6.07, 6.45) is 4.12. The van der Waals surface area contributed by atoms with Gasteiger partial charge in [0.1, 0.15) is 11.6 Å². The first-order valence-corrected chi connectivity index (χ1v) is 15.2. The molecule has 6 rings (SSSR count). The van der Waals surface area contributed by atoms with Gasteiger partial charge in [0, 0.05) is 43.1 Å². The number of halogens is 1. The number of hydrogen-bond acceptors (Lipinski definition) is 7. The zero-order valence-electron chi connectivity index (χ0n) is 22.9. The molecular formula is C28H34FN7O3S. The van der Waals surface area contributed by atoms with Crippen LogP contribution >= 0.6 is 0 Å². The SMILES string of the molecule is CC(C)(C)N1Cc2cc(Nc3nn([C@]4(CC#N)CC[C@@H](N5CC(F)C5)CC4)c4cc[nH]c(=O)c34)ccc2S1(=O)=O. The van der Waals surface area contributed by atoms with Crippen LogP contribution < -0.4 is 10.9 Å². The number of benzene rings is 1. The summed E-state index contributed by atoms with van der Waals surface area (Å²) in [5.74, 6) is 0.354. The molecule has 2 N–H and O–H groups in total. The summed E-state index contributed by atoms with van der Waals surface area (Å²) in [4.78, 5) is 18.2. The lowest BCUT2D eigenvalue weighted by molar-refractivity contribution is -0.00330. The number of nitrogens with zero attached hydrogens (tertiary/aromatic N) is 5. The Kier molecular flexibility index (Phi) is 6.32. The number of H-pyrrole nitrogens is 1.